The zero-order valence-corrected chi connectivity index (χ0v) is 15.4. The fraction of sp³-hybridized carbons (Fsp3) is 0.786. The zero-order chi connectivity index (χ0) is 14.0. The first-order chi connectivity index (χ1) is 9.07. The molecular formula is C14H21N2NaO2S. The van der Waals surface area contributed by atoms with E-state index in [-0.39, 0.29) is 58.3 Å². The van der Waals surface area contributed by atoms with Crippen LogP contribution in [0.3, 0.4) is 0 Å². The molecule has 2 atom stereocenters. The van der Waals surface area contributed by atoms with Gasteiger partial charge < -0.3 is 10.4 Å². The average Bonchev–Trinajstić information content (AvgIpc) is 2.68. The summed E-state index contributed by atoms with van der Waals surface area (Å²) in [6.07, 6.45) is 5.66. The standard InChI is InChI=1S/C14H22N2O2S.Na/c1-3-5-9-7-8-10(6-4-2)14(9)11(17)15-13(19)16-12(14)18;/h9-10H,3-8H2,1-2H3,(H2,15,16,17,18,19);/q;+1/p-1. The molecule has 1 fully saturated rings. The molecule has 1 aliphatic carbocycles. The van der Waals surface area contributed by atoms with Crippen LogP contribution in [0.25, 0.3) is 0 Å². The predicted molar refractivity (Wildman–Crippen MR) is 76.6 cm³/mol. The van der Waals surface area contributed by atoms with Crippen LogP contribution in [-0.2, 0) is 4.79 Å². The van der Waals surface area contributed by atoms with Crippen LogP contribution in [0.15, 0.2) is 4.99 Å². The minimum atomic E-state index is -0.936. The normalized spacial score (nSPS) is 32.8. The number of amides is 1. The molecule has 1 spiro atoms. The molecule has 0 radical (unpaired) electrons. The molecule has 4 nitrogen and oxygen atoms in total. The Hall–Kier alpha value is 0.0300. The third-order valence-electron chi connectivity index (χ3n) is 4.58. The number of carbonyl (C=O) groups excluding carboxylic acids is 1. The summed E-state index contributed by atoms with van der Waals surface area (Å²) in [6, 6.07) is 0. The van der Waals surface area contributed by atoms with Crippen LogP contribution in [0.4, 0.5) is 0 Å². The average molecular weight is 304 g/mol. The van der Waals surface area contributed by atoms with E-state index in [1.165, 1.54) is 0 Å². The molecule has 2 aliphatic rings. The molecule has 0 saturated heterocycles. The van der Waals surface area contributed by atoms with E-state index in [0.717, 1.165) is 38.5 Å². The van der Waals surface area contributed by atoms with Crippen LogP contribution >= 0.6 is 12.2 Å². The summed E-state index contributed by atoms with van der Waals surface area (Å²) in [5.74, 6) is -0.260. The molecule has 1 aliphatic heterocycles. The minimum absolute atomic E-state index is 0. The molecule has 1 amide bonds. The molecule has 6 heteroatoms. The molecular weight excluding hydrogens is 283 g/mol. The minimum Gasteiger partial charge on any atom is -0.861 e. The van der Waals surface area contributed by atoms with Crippen LogP contribution in [0.2, 0.25) is 0 Å². The van der Waals surface area contributed by atoms with Gasteiger partial charge in [-0.3, -0.25) is 4.79 Å². The Morgan fingerprint density at radius 1 is 1.30 bits per heavy atom. The molecule has 1 heterocycles. The van der Waals surface area contributed by atoms with Crippen LogP contribution in [0, 0.1) is 17.3 Å². The van der Waals surface area contributed by atoms with Crippen LogP contribution < -0.4 is 40.0 Å². The van der Waals surface area contributed by atoms with E-state index in [4.69, 9.17) is 12.2 Å². The zero-order valence-electron chi connectivity index (χ0n) is 12.6. The molecule has 0 bridgehead atoms. The predicted octanol–water partition coefficient (Wildman–Crippen LogP) is -1.22. The van der Waals surface area contributed by atoms with Crippen molar-refractivity contribution in [3.05, 3.63) is 0 Å². The number of rotatable bonds is 4. The molecule has 2 rings (SSSR count). The maximum atomic E-state index is 12.5. The van der Waals surface area contributed by atoms with Crippen molar-refractivity contribution in [3.8, 4) is 0 Å². The fourth-order valence-electron chi connectivity index (χ4n) is 3.86. The maximum absolute atomic E-state index is 12.5. The summed E-state index contributed by atoms with van der Waals surface area (Å²) < 4.78 is 0. The van der Waals surface area contributed by atoms with E-state index in [2.05, 4.69) is 24.2 Å². The molecule has 1 saturated carbocycles. The smallest absolute Gasteiger partial charge is 0.861 e. The largest absolute Gasteiger partial charge is 1.00 e. The van der Waals surface area contributed by atoms with Crippen LogP contribution in [0.5, 0.6) is 0 Å². The second kappa shape index (κ2) is 7.34. The Morgan fingerprint density at radius 3 is 2.20 bits per heavy atom. The molecule has 0 aromatic carbocycles. The van der Waals surface area contributed by atoms with Crippen molar-refractivity contribution in [3.63, 3.8) is 0 Å². The van der Waals surface area contributed by atoms with E-state index in [1.54, 1.807) is 0 Å². The maximum Gasteiger partial charge on any atom is 1.00 e. The molecule has 106 valence electrons. The van der Waals surface area contributed by atoms with Crippen molar-refractivity contribution in [1.82, 2.24) is 5.32 Å². The van der Waals surface area contributed by atoms with Gasteiger partial charge in [0.05, 0.1) is 5.41 Å². The summed E-state index contributed by atoms with van der Waals surface area (Å²) in [5.41, 5.74) is -0.936. The topological polar surface area (TPSA) is 64.5 Å². The number of nitrogens with zero attached hydrogens (tertiary/aromatic N) is 1. The van der Waals surface area contributed by atoms with E-state index in [1.807, 2.05) is 0 Å². The van der Waals surface area contributed by atoms with Gasteiger partial charge in [-0.05, 0) is 55.6 Å². The first kappa shape index (κ1) is 18.1. The van der Waals surface area contributed by atoms with Gasteiger partial charge in [-0.2, -0.15) is 0 Å². The Labute approximate surface area is 148 Å². The second-order valence-corrected chi connectivity index (χ2v) is 5.98. The molecule has 2 unspecified atom stereocenters. The van der Waals surface area contributed by atoms with Gasteiger partial charge >= 0.3 is 29.6 Å². The van der Waals surface area contributed by atoms with E-state index in [0.29, 0.717) is 0 Å². The first-order valence-electron chi connectivity index (χ1n) is 7.18. The van der Waals surface area contributed by atoms with Gasteiger partial charge in [-0.1, -0.05) is 26.7 Å². The molecule has 20 heavy (non-hydrogen) atoms. The number of carbonyl (C=O) groups is 1. The van der Waals surface area contributed by atoms with E-state index < -0.39 is 5.41 Å². The van der Waals surface area contributed by atoms with Gasteiger partial charge in [0.2, 0.25) is 5.91 Å². The first-order valence-corrected chi connectivity index (χ1v) is 7.59. The van der Waals surface area contributed by atoms with Crippen molar-refractivity contribution < 1.29 is 39.5 Å². The number of hydrogen-bond donors (Lipinski definition) is 1. The molecule has 1 N–H and O–H groups in total. The van der Waals surface area contributed by atoms with Crippen molar-refractivity contribution >= 4 is 29.1 Å². The summed E-state index contributed by atoms with van der Waals surface area (Å²) in [4.78, 5) is 16.4. The van der Waals surface area contributed by atoms with Gasteiger partial charge in [0.15, 0.2) is 5.11 Å². The Kier molecular flexibility index (Phi) is 6.64. The van der Waals surface area contributed by atoms with Gasteiger partial charge in [-0.25, -0.2) is 4.99 Å². The summed E-state index contributed by atoms with van der Waals surface area (Å²) in [7, 11) is 0. The van der Waals surface area contributed by atoms with Crippen molar-refractivity contribution in [2.24, 2.45) is 22.2 Å². The van der Waals surface area contributed by atoms with E-state index >= 15 is 0 Å². The van der Waals surface area contributed by atoms with Crippen molar-refractivity contribution in [2.75, 3.05) is 0 Å². The fourth-order valence-corrected chi connectivity index (χ4v) is 4.04. The number of hydrogen-bond acceptors (Lipinski definition) is 3. The Bertz CT molecular complexity index is 411. The quantitative estimate of drug-likeness (QED) is 0.523. The monoisotopic (exact) mass is 304 g/mol. The SMILES string of the molecule is CCCC1CCC(CCC)C12C(=O)NC(=S)N=C2[O-].[Na+]. The van der Waals surface area contributed by atoms with Gasteiger partial charge in [0.1, 0.15) is 0 Å². The van der Waals surface area contributed by atoms with Crippen molar-refractivity contribution in [1.29, 1.82) is 0 Å². The van der Waals surface area contributed by atoms with Gasteiger partial charge in [0.25, 0.3) is 0 Å². The van der Waals surface area contributed by atoms with Crippen molar-refractivity contribution in [2.45, 2.75) is 52.4 Å². The van der Waals surface area contributed by atoms with Crippen LogP contribution in [-0.4, -0.2) is 16.9 Å². The second-order valence-electron chi connectivity index (χ2n) is 5.59. The van der Waals surface area contributed by atoms with Gasteiger partial charge in [-0.15, -0.1) is 0 Å². The number of thiocarbonyl (C=S) groups is 1. The third-order valence-corrected chi connectivity index (χ3v) is 4.77. The number of nitrogens with one attached hydrogen (secondary N) is 1. The summed E-state index contributed by atoms with van der Waals surface area (Å²) in [5, 5.41) is 15.1. The molecule has 0 aromatic heterocycles. The Balaban J connectivity index is 0.00000200. The summed E-state index contributed by atoms with van der Waals surface area (Å²) >= 11 is 4.87. The molecule has 0 aromatic rings. The number of aliphatic imine (C=N–C) groups is 1. The van der Waals surface area contributed by atoms with Gasteiger partial charge in [0, 0.05) is 0 Å². The van der Waals surface area contributed by atoms with E-state index in [9.17, 15) is 9.90 Å². The summed E-state index contributed by atoms with van der Waals surface area (Å²) in [6.45, 7) is 4.18. The van der Waals surface area contributed by atoms with Crippen LogP contribution in [0.1, 0.15) is 52.4 Å². The third kappa shape index (κ3) is 2.82. The Morgan fingerprint density at radius 2 is 1.80 bits per heavy atom.